The van der Waals surface area contributed by atoms with Gasteiger partial charge in [-0.25, -0.2) is 4.79 Å². The number of rotatable bonds is 5. The van der Waals surface area contributed by atoms with E-state index in [-0.39, 0.29) is 6.04 Å². The maximum absolute atomic E-state index is 10.9. The summed E-state index contributed by atoms with van der Waals surface area (Å²) in [5, 5.41) is 12.4. The summed E-state index contributed by atoms with van der Waals surface area (Å²) >= 11 is 4.79. The lowest BCUT2D eigenvalue weighted by atomic mass is 10.1. The molecule has 0 spiro atoms. The van der Waals surface area contributed by atoms with Crippen LogP contribution in [0.25, 0.3) is 0 Å². The zero-order valence-electron chi connectivity index (χ0n) is 11.3. The predicted octanol–water partition coefficient (Wildman–Crippen LogP) is 4.37. The van der Waals surface area contributed by atoms with E-state index in [4.69, 9.17) is 5.11 Å². The average Bonchev–Trinajstić information content (AvgIpc) is 2.77. The summed E-state index contributed by atoms with van der Waals surface area (Å²) in [6.07, 6.45) is 0. The van der Waals surface area contributed by atoms with Crippen molar-refractivity contribution in [2.45, 2.75) is 26.4 Å². The molecule has 1 unspecified atom stereocenters. The Bertz CT molecular complexity index is 624. The highest BCUT2D eigenvalue weighted by molar-refractivity contribution is 9.10. The Morgan fingerprint density at radius 1 is 1.45 bits per heavy atom. The molecule has 1 heterocycles. The Labute approximate surface area is 130 Å². The smallest absolute Gasteiger partial charge is 0.345 e. The number of aryl methyl sites for hydroxylation is 1. The molecule has 20 heavy (non-hydrogen) atoms. The summed E-state index contributed by atoms with van der Waals surface area (Å²) in [6.45, 7) is 4.72. The van der Waals surface area contributed by atoms with Crippen molar-refractivity contribution in [2.24, 2.45) is 0 Å². The minimum absolute atomic E-state index is 0.208. The van der Waals surface area contributed by atoms with Gasteiger partial charge >= 0.3 is 5.97 Å². The van der Waals surface area contributed by atoms with Crippen LogP contribution >= 0.6 is 27.3 Å². The van der Waals surface area contributed by atoms with Crippen LogP contribution in [0, 0.1) is 6.92 Å². The zero-order chi connectivity index (χ0) is 14.7. The van der Waals surface area contributed by atoms with Gasteiger partial charge in [0, 0.05) is 21.9 Å². The van der Waals surface area contributed by atoms with Crippen molar-refractivity contribution in [1.29, 1.82) is 0 Å². The number of carboxylic acid groups (broad SMARTS) is 1. The van der Waals surface area contributed by atoms with E-state index < -0.39 is 5.97 Å². The molecular weight excluding hydrogens is 338 g/mol. The van der Waals surface area contributed by atoms with E-state index in [9.17, 15) is 4.79 Å². The SMILES string of the molecule is Cc1sc(C(=O)O)cc1CNC(C)c1cccc(Br)c1. The Morgan fingerprint density at radius 2 is 2.20 bits per heavy atom. The zero-order valence-corrected chi connectivity index (χ0v) is 13.7. The lowest BCUT2D eigenvalue weighted by Gasteiger charge is -2.14. The molecule has 2 N–H and O–H groups in total. The van der Waals surface area contributed by atoms with E-state index in [1.807, 2.05) is 19.1 Å². The highest BCUT2D eigenvalue weighted by atomic mass is 79.9. The highest BCUT2D eigenvalue weighted by Crippen LogP contribution is 2.23. The van der Waals surface area contributed by atoms with Crippen molar-refractivity contribution in [1.82, 2.24) is 5.32 Å². The second kappa shape index (κ2) is 6.52. The Balaban J connectivity index is 2.03. The fraction of sp³-hybridized carbons (Fsp3) is 0.267. The largest absolute Gasteiger partial charge is 0.477 e. The maximum Gasteiger partial charge on any atom is 0.345 e. The lowest BCUT2D eigenvalue weighted by Crippen LogP contribution is -2.18. The number of halogens is 1. The van der Waals surface area contributed by atoms with E-state index in [2.05, 4.69) is 40.3 Å². The first-order valence-corrected chi connectivity index (χ1v) is 7.89. The minimum Gasteiger partial charge on any atom is -0.477 e. The molecule has 1 aromatic carbocycles. The maximum atomic E-state index is 10.9. The number of carboxylic acids is 1. The number of hydrogen-bond acceptors (Lipinski definition) is 3. The summed E-state index contributed by atoms with van der Waals surface area (Å²) < 4.78 is 1.06. The van der Waals surface area contributed by atoms with Crippen molar-refractivity contribution in [3.63, 3.8) is 0 Å². The van der Waals surface area contributed by atoms with Crippen LogP contribution in [0.5, 0.6) is 0 Å². The molecule has 2 rings (SSSR count). The summed E-state index contributed by atoms with van der Waals surface area (Å²) in [6, 6.07) is 10.1. The molecule has 0 saturated heterocycles. The van der Waals surface area contributed by atoms with Gasteiger partial charge in [-0.1, -0.05) is 28.1 Å². The van der Waals surface area contributed by atoms with Crippen molar-refractivity contribution in [3.8, 4) is 0 Å². The Kier molecular flexibility index (Phi) is 4.96. The number of nitrogens with one attached hydrogen (secondary N) is 1. The van der Waals surface area contributed by atoms with Crippen molar-refractivity contribution in [3.05, 3.63) is 55.7 Å². The average molecular weight is 354 g/mol. The van der Waals surface area contributed by atoms with Gasteiger partial charge in [-0.05, 0) is 43.2 Å². The first-order valence-electron chi connectivity index (χ1n) is 6.29. The molecule has 0 fully saturated rings. The second-order valence-corrected chi connectivity index (χ2v) is 6.83. The molecule has 106 valence electrons. The van der Waals surface area contributed by atoms with Crippen LogP contribution < -0.4 is 5.32 Å². The van der Waals surface area contributed by atoms with Crippen LogP contribution in [0.15, 0.2) is 34.8 Å². The van der Waals surface area contributed by atoms with Crippen LogP contribution in [0.1, 0.15) is 38.6 Å². The molecule has 1 aromatic heterocycles. The van der Waals surface area contributed by atoms with Gasteiger partial charge in [0.05, 0.1) is 0 Å². The van der Waals surface area contributed by atoms with Crippen molar-refractivity contribution >= 4 is 33.2 Å². The molecule has 0 aliphatic rings. The summed E-state index contributed by atoms with van der Waals surface area (Å²) in [5.41, 5.74) is 2.25. The van der Waals surface area contributed by atoms with Crippen LogP contribution in [0.3, 0.4) is 0 Å². The third-order valence-electron chi connectivity index (χ3n) is 3.18. The molecule has 0 aliphatic heterocycles. The topological polar surface area (TPSA) is 49.3 Å². The highest BCUT2D eigenvalue weighted by Gasteiger charge is 2.12. The summed E-state index contributed by atoms with van der Waals surface area (Å²) in [7, 11) is 0. The molecule has 2 aromatic rings. The number of carbonyl (C=O) groups is 1. The van der Waals surface area contributed by atoms with Gasteiger partial charge < -0.3 is 10.4 Å². The summed E-state index contributed by atoms with van der Waals surface area (Å²) in [4.78, 5) is 12.4. The van der Waals surface area contributed by atoms with Gasteiger partial charge in [0.25, 0.3) is 0 Å². The quantitative estimate of drug-likeness (QED) is 0.838. The molecule has 1 atom stereocenters. The van der Waals surface area contributed by atoms with Crippen LogP contribution in [-0.2, 0) is 6.54 Å². The van der Waals surface area contributed by atoms with Gasteiger partial charge in [-0.15, -0.1) is 11.3 Å². The van der Waals surface area contributed by atoms with Gasteiger partial charge in [0.1, 0.15) is 4.88 Å². The lowest BCUT2D eigenvalue weighted by molar-refractivity contribution is 0.0702. The molecule has 0 bridgehead atoms. The number of benzene rings is 1. The Hall–Kier alpha value is -1.17. The normalized spacial score (nSPS) is 12.3. The van der Waals surface area contributed by atoms with E-state index in [0.29, 0.717) is 11.4 Å². The van der Waals surface area contributed by atoms with Gasteiger partial charge in [-0.2, -0.15) is 0 Å². The van der Waals surface area contributed by atoms with E-state index in [1.165, 1.54) is 16.9 Å². The van der Waals surface area contributed by atoms with E-state index >= 15 is 0 Å². The monoisotopic (exact) mass is 353 g/mol. The predicted molar refractivity (Wildman–Crippen MR) is 85.4 cm³/mol. The van der Waals surface area contributed by atoms with Crippen LogP contribution in [-0.4, -0.2) is 11.1 Å². The second-order valence-electron chi connectivity index (χ2n) is 4.65. The van der Waals surface area contributed by atoms with Crippen molar-refractivity contribution < 1.29 is 9.90 Å². The molecule has 0 radical (unpaired) electrons. The van der Waals surface area contributed by atoms with E-state index in [0.717, 1.165) is 14.9 Å². The van der Waals surface area contributed by atoms with Gasteiger partial charge in [0.2, 0.25) is 0 Å². The van der Waals surface area contributed by atoms with E-state index in [1.54, 1.807) is 6.07 Å². The fourth-order valence-electron chi connectivity index (χ4n) is 1.96. The Morgan fingerprint density at radius 3 is 2.80 bits per heavy atom. The van der Waals surface area contributed by atoms with Crippen LogP contribution in [0.2, 0.25) is 0 Å². The van der Waals surface area contributed by atoms with Crippen LogP contribution in [0.4, 0.5) is 0 Å². The third kappa shape index (κ3) is 3.69. The van der Waals surface area contributed by atoms with Gasteiger partial charge in [0.15, 0.2) is 0 Å². The minimum atomic E-state index is -0.857. The van der Waals surface area contributed by atoms with Crippen molar-refractivity contribution in [2.75, 3.05) is 0 Å². The molecular formula is C15H16BrNO2S. The molecule has 0 amide bonds. The number of aromatic carboxylic acids is 1. The standard InChI is InChI=1S/C15H16BrNO2S/c1-9(11-4-3-5-13(16)6-11)17-8-12-7-14(15(18)19)20-10(12)2/h3-7,9,17H,8H2,1-2H3,(H,18,19). The molecule has 0 saturated carbocycles. The van der Waals surface area contributed by atoms with Gasteiger partial charge in [-0.3, -0.25) is 0 Å². The summed E-state index contributed by atoms with van der Waals surface area (Å²) in [5.74, 6) is -0.857. The third-order valence-corrected chi connectivity index (χ3v) is 4.75. The number of hydrogen-bond donors (Lipinski definition) is 2. The first-order chi connectivity index (χ1) is 9.47. The molecule has 5 heteroatoms. The first kappa shape index (κ1) is 15.2. The molecule has 3 nitrogen and oxygen atoms in total. The fourth-order valence-corrected chi connectivity index (χ4v) is 3.26. The number of thiophene rings is 1. The molecule has 0 aliphatic carbocycles.